The lowest BCUT2D eigenvalue weighted by molar-refractivity contribution is 0.833. The summed E-state index contributed by atoms with van der Waals surface area (Å²) < 4.78 is 1.89. The van der Waals surface area contributed by atoms with Crippen molar-refractivity contribution >= 4 is 22.9 Å². The number of hydrogen-bond donors (Lipinski definition) is 2. The minimum atomic E-state index is -0.00832. The van der Waals surface area contributed by atoms with Crippen LogP contribution in [0, 0.1) is 6.92 Å². The van der Waals surface area contributed by atoms with Crippen molar-refractivity contribution in [3.8, 4) is 0 Å². The van der Waals surface area contributed by atoms with Crippen LogP contribution in [0.1, 0.15) is 24.5 Å². The van der Waals surface area contributed by atoms with Crippen molar-refractivity contribution in [1.29, 1.82) is 0 Å². The van der Waals surface area contributed by atoms with E-state index >= 15 is 0 Å². The SMILES string of the molecule is Cc1nc2c(N[C@H](C)c3ccccn3)nc(N)nc2n1C. The van der Waals surface area contributed by atoms with Crippen LogP contribution >= 0.6 is 0 Å². The van der Waals surface area contributed by atoms with Gasteiger partial charge in [-0.15, -0.1) is 0 Å². The maximum atomic E-state index is 5.80. The van der Waals surface area contributed by atoms with Gasteiger partial charge in [-0.05, 0) is 26.0 Å². The average molecular weight is 283 g/mol. The van der Waals surface area contributed by atoms with Gasteiger partial charge in [0, 0.05) is 13.2 Å². The fourth-order valence-corrected chi connectivity index (χ4v) is 2.20. The van der Waals surface area contributed by atoms with Crippen molar-refractivity contribution in [3.63, 3.8) is 0 Å². The van der Waals surface area contributed by atoms with Gasteiger partial charge in [0.2, 0.25) is 5.95 Å². The number of aromatic nitrogens is 5. The highest BCUT2D eigenvalue weighted by Crippen LogP contribution is 2.24. The molecule has 7 nitrogen and oxygen atoms in total. The second-order valence-electron chi connectivity index (χ2n) is 4.94. The lowest BCUT2D eigenvalue weighted by atomic mass is 10.2. The summed E-state index contributed by atoms with van der Waals surface area (Å²) in [6.07, 6.45) is 1.77. The largest absolute Gasteiger partial charge is 0.368 e. The van der Waals surface area contributed by atoms with Gasteiger partial charge in [0.25, 0.3) is 0 Å². The van der Waals surface area contributed by atoms with Crippen molar-refractivity contribution < 1.29 is 0 Å². The summed E-state index contributed by atoms with van der Waals surface area (Å²) in [5.74, 6) is 1.71. The van der Waals surface area contributed by atoms with Crippen LogP contribution in [0.3, 0.4) is 0 Å². The van der Waals surface area contributed by atoms with Gasteiger partial charge in [-0.25, -0.2) is 4.98 Å². The maximum absolute atomic E-state index is 5.80. The molecule has 0 aliphatic carbocycles. The van der Waals surface area contributed by atoms with E-state index in [9.17, 15) is 0 Å². The lowest BCUT2D eigenvalue weighted by Gasteiger charge is -2.14. The first-order valence-corrected chi connectivity index (χ1v) is 6.70. The van der Waals surface area contributed by atoms with Gasteiger partial charge in [0.1, 0.15) is 5.82 Å². The van der Waals surface area contributed by atoms with Crippen molar-refractivity contribution in [2.45, 2.75) is 19.9 Å². The number of nitrogens with one attached hydrogen (secondary N) is 1. The molecule has 0 bridgehead atoms. The molecule has 0 saturated carbocycles. The smallest absolute Gasteiger partial charge is 0.224 e. The molecule has 0 saturated heterocycles. The Morgan fingerprint density at radius 3 is 2.76 bits per heavy atom. The molecule has 0 radical (unpaired) electrons. The first kappa shape index (κ1) is 13.3. The number of aryl methyl sites for hydroxylation is 2. The molecule has 3 aromatic rings. The fraction of sp³-hybridized carbons (Fsp3) is 0.286. The zero-order valence-corrected chi connectivity index (χ0v) is 12.2. The van der Waals surface area contributed by atoms with Crippen molar-refractivity contribution in [3.05, 3.63) is 35.9 Å². The first-order valence-electron chi connectivity index (χ1n) is 6.70. The van der Waals surface area contributed by atoms with E-state index in [1.165, 1.54) is 0 Å². The molecule has 3 aromatic heterocycles. The monoisotopic (exact) mass is 283 g/mol. The van der Waals surface area contributed by atoms with E-state index in [4.69, 9.17) is 5.73 Å². The molecular weight excluding hydrogens is 266 g/mol. The van der Waals surface area contributed by atoms with Crippen LogP contribution in [-0.2, 0) is 7.05 Å². The van der Waals surface area contributed by atoms with Crippen LogP contribution in [0.5, 0.6) is 0 Å². The highest BCUT2D eigenvalue weighted by Gasteiger charge is 2.15. The number of nitrogens with two attached hydrogens (primary N) is 1. The number of pyridine rings is 1. The van der Waals surface area contributed by atoms with Crippen molar-refractivity contribution in [1.82, 2.24) is 24.5 Å². The third-order valence-corrected chi connectivity index (χ3v) is 3.44. The summed E-state index contributed by atoms with van der Waals surface area (Å²) in [5, 5.41) is 3.31. The summed E-state index contributed by atoms with van der Waals surface area (Å²) in [6.45, 7) is 3.94. The molecule has 3 rings (SSSR count). The number of imidazole rings is 1. The van der Waals surface area contributed by atoms with E-state index in [1.54, 1.807) is 6.20 Å². The Morgan fingerprint density at radius 1 is 1.24 bits per heavy atom. The fourth-order valence-electron chi connectivity index (χ4n) is 2.20. The summed E-state index contributed by atoms with van der Waals surface area (Å²) in [4.78, 5) is 17.4. The third kappa shape index (κ3) is 2.37. The molecule has 0 fully saturated rings. The molecule has 0 aromatic carbocycles. The number of rotatable bonds is 3. The van der Waals surface area contributed by atoms with Crippen molar-refractivity contribution in [2.24, 2.45) is 7.05 Å². The van der Waals surface area contributed by atoms with E-state index in [-0.39, 0.29) is 12.0 Å². The van der Waals surface area contributed by atoms with Gasteiger partial charge in [-0.1, -0.05) is 6.07 Å². The van der Waals surface area contributed by atoms with Gasteiger partial charge in [-0.3, -0.25) is 4.98 Å². The summed E-state index contributed by atoms with van der Waals surface area (Å²) in [5.41, 5.74) is 8.16. The Hall–Kier alpha value is -2.70. The van der Waals surface area contributed by atoms with Gasteiger partial charge >= 0.3 is 0 Å². The first-order chi connectivity index (χ1) is 10.1. The van der Waals surface area contributed by atoms with Gasteiger partial charge in [0.15, 0.2) is 17.0 Å². The molecule has 0 unspecified atom stereocenters. The van der Waals surface area contributed by atoms with Crippen LogP contribution in [0.2, 0.25) is 0 Å². The molecule has 3 heterocycles. The molecule has 3 N–H and O–H groups in total. The zero-order chi connectivity index (χ0) is 15.0. The molecule has 1 atom stereocenters. The molecular formula is C14H17N7. The number of anilines is 2. The molecule has 0 amide bonds. The van der Waals surface area contributed by atoms with Crippen molar-refractivity contribution in [2.75, 3.05) is 11.1 Å². The van der Waals surface area contributed by atoms with Crippen LogP contribution in [-0.4, -0.2) is 24.5 Å². The van der Waals surface area contributed by atoms with Gasteiger partial charge in [-0.2, -0.15) is 9.97 Å². The molecule has 0 spiro atoms. The van der Waals surface area contributed by atoms with Gasteiger partial charge < -0.3 is 15.6 Å². The second kappa shape index (κ2) is 5.01. The molecule has 0 aliphatic heterocycles. The van der Waals surface area contributed by atoms with E-state index in [2.05, 4.69) is 25.3 Å². The maximum Gasteiger partial charge on any atom is 0.224 e. The normalized spacial score (nSPS) is 12.5. The summed E-state index contributed by atoms with van der Waals surface area (Å²) >= 11 is 0. The lowest BCUT2D eigenvalue weighted by Crippen LogP contribution is -2.11. The number of nitrogens with zero attached hydrogens (tertiary/aromatic N) is 5. The van der Waals surface area contributed by atoms with E-state index < -0.39 is 0 Å². The van der Waals surface area contributed by atoms with E-state index in [1.807, 2.05) is 43.7 Å². The molecule has 108 valence electrons. The quantitative estimate of drug-likeness (QED) is 0.761. The minimum absolute atomic E-state index is 0.00832. The number of hydrogen-bond acceptors (Lipinski definition) is 6. The predicted octanol–water partition coefficient (Wildman–Crippen LogP) is 1.82. The van der Waals surface area contributed by atoms with Crippen LogP contribution in [0.4, 0.5) is 11.8 Å². The molecule has 7 heteroatoms. The number of fused-ring (bicyclic) bond motifs is 1. The Balaban J connectivity index is 2.02. The Kier molecular flexibility index (Phi) is 3.17. The zero-order valence-electron chi connectivity index (χ0n) is 12.2. The minimum Gasteiger partial charge on any atom is -0.368 e. The van der Waals surface area contributed by atoms with E-state index in [0.29, 0.717) is 11.3 Å². The average Bonchev–Trinajstić information content (AvgIpc) is 2.76. The highest BCUT2D eigenvalue weighted by atomic mass is 15.2. The second-order valence-corrected chi connectivity index (χ2v) is 4.94. The molecule has 21 heavy (non-hydrogen) atoms. The standard InChI is InChI=1S/C14H17N7/c1-8(10-6-4-5-7-16-10)17-12-11-13(20-14(15)19-12)21(3)9(2)18-11/h4-8H,1-3H3,(H3,15,17,19,20)/t8-/m1/s1. The highest BCUT2D eigenvalue weighted by molar-refractivity contribution is 5.84. The van der Waals surface area contributed by atoms with E-state index in [0.717, 1.165) is 17.2 Å². The Morgan fingerprint density at radius 2 is 2.05 bits per heavy atom. The predicted molar refractivity (Wildman–Crippen MR) is 81.7 cm³/mol. The number of nitrogen functional groups attached to an aromatic ring is 1. The van der Waals surface area contributed by atoms with Crippen LogP contribution in [0.15, 0.2) is 24.4 Å². The van der Waals surface area contributed by atoms with Crippen LogP contribution < -0.4 is 11.1 Å². The summed E-state index contributed by atoms with van der Waals surface area (Å²) in [6, 6.07) is 5.79. The summed E-state index contributed by atoms with van der Waals surface area (Å²) in [7, 11) is 1.91. The molecule has 0 aliphatic rings. The van der Waals surface area contributed by atoms with Gasteiger partial charge in [0.05, 0.1) is 11.7 Å². The Bertz CT molecular complexity index is 779. The van der Waals surface area contributed by atoms with Crippen LogP contribution in [0.25, 0.3) is 11.2 Å². The topological polar surface area (TPSA) is 94.5 Å². The Labute approximate surface area is 122 Å². The third-order valence-electron chi connectivity index (χ3n) is 3.44.